The first-order valence-electron chi connectivity index (χ1n) is 6.09. The van der Waals surface area contributed by atoms with Crippen LogP contribution in [0.15, 0.2) is 48.9 Å². The van der Waals surface area contributed by atoms with Crippen molar-refractivity contribution < 1.29 is 0 Å². The SMILES string of the molecule is Cc1cn(-c2ccccc2)c(Nc2cnn(C)c2)n1. The Balaban J connectivity index is 1.98. The van der Waals surface area contributed by atoms with E-state index in [0.29, 0.717) is 0 Å². The molecule has 1 aromatic carbocycles. The number of hydrogen-bond donors (Lipinski definition) is 1. The van der Waals surface area contributed by atoms with Gasteiger partial charge in [-0.05, 0) is 19.1 Å². The van der Waals surface area contributed by atoms with Crippen molar-refractivity contribution in [2.24, 2.45) is 7.05 Å². The number of para-hydroxylation sites is 1. The highest BCUT2D eigenvalue weighted by molar-refractivity contribution is 5.54. The van der Waals surface area contributed by atoms with Gasteiger partial charge in [-0.1, -0.05) is 18.2 Å². The number of nitrogens with zero attached hydrogens (tertiary/aromatic N) is 4. The van der Waals surface area contributed by atoms with Crippen molar-refractivity contribution in [2.45, 2.75) is 6.92 Å². The van der Waals surface area contributed by atoms with Crippen molar-refractivity contribution in [3.63, 3.8) is 0 Å². The Bertz CT molecular complexity index is 681. The highest BCUT2D eigenvalue weighted by atomic mass is 15.3. The number of benzene rings is 1. The van der Waals surface area contributed by atoms with Crippen molar-refractivity contribution in [3.8, 4) is 5.69 Å². The molecular weight excluding hydrogens is 238 g/mol. The van der Waals surface area contributed by atoms with E-state index in [-0.39, 0.29) is 0 Å². The average Bonchev–Trinajstić information content (AvgIpc) is 2.97. The van der Waals surface area contributed by atoms with E-state index in [0.717, 1.165) is 23.0 Å². The maximum absolute atomic E-state index is 4.51. The minimum absolute atomic E-state index is 0.789. The summed E-state index contributed by atoms with van der Waals surface area (Å²) < 4.78 is 3.79. The van der Waals surface area contributed by atoms with Crippen LogP contribution >= 0.6 is 0 Å². The summed E-state index contributed by atoms with van der Waals surface area (Å²) in [6.07, 6.45) is 5.70. The molecule has 1 N–H and O–H groups in total. The van der Waals surface area contributed by atoms with Crippen LogP contribution in [-0.4, -0.2) is 19.3 Å². The van der Waals surface area contributed by atoms with Gasteiger partial charge in [0.1, 0.15) is 0 Å². The van der Waals surface area contributed by atoms with E-state index in [1.54, 1.807) is 10.9 Å². The van der Waals surface area contributed by atoms with Gasteiger partial charge < -0.3 is 5.32 Å². The lowest BCUT2D eigenvalue weighted by Gasteiger charge is -2.07. The molecule has 0 bridgehead atoms. The molecule has 0 amide bonds. The summed E-state index contributed by atoms with van der Waals surface area (Å²) in [6.45, 7) is 1.98. The summed E-state index contributed by atoms with van der Waals surface area (Å²) in [6, 6.07) is 10.1. The van der Waals surface area contributed by atoms with Crippen LogP contribution in [-0.2, 0) is 7.05 Å². The first-order valence-corrected chi connectivity index (χ1v) is 6.09. The maximum atomic E-state index is 4.51. The van der Waals surface area contributed by atoms with Gasteiger partial charge in [0.15, 0.2) is 0 Å². The zero-order chi connectivity index (χ0) is 13.2. The van der Waals surface area contributed by atoms with Gasteiger partial charge in [0.25, 0.3) is 0 Å². The van der Waals surface area contributed by atoms with Crippen molar-refractivity contribution in [2.75, 3.05) is 5.32 Å². The minimum atomic E-state index is 0.789. The molecule has 0 radical (unpaired) electrons. The Hall–Kier alpha value is -2.56. The number of nitrogens with one attached hydrogen (secondary N) is 1. The normalized spacial score (nSPS) is 10.6. The number of anilines is 2. The van der Waals surface area contributed by atoms with E-state index < -0.39 is 0 Å². The summed E-state index contributed by atoms with van der Waals surface area (Å²) in [5, 5.41) is 7.42. The Kier molecular flexibility index (Phi) is 2.79. The Morgan fingerprint density at radius 1 is 1.11 bits per heavy atom. The van der Waals surface area contributed by atoms with E-state index in [1.165, 1.54) is 0 Å². The van der Waals surface area contributed by atoms with Gasteiger partial charge >= 0.3 is 0 Å². The summed E-state index contributed by atoms with van der Waals surface area (Å²) in [5.41, 5.74) is 2.97. The second-order valence-corrected chi connectivity index (χ2v) is 4.44. The second kappa shape index (κ2) is 4.61. The lowest BCUT2D eigenvalue weighted by atomic mass is 10.3. The summed E-state index contributed by atoms with van der Waals surface area (Å²) in [5.74, 6) is 0.789. The van der Waals surface area contributed by atoms with Gasteiger partial charge in [-0.2, -0.15) is 5.10 Å². The molecule has 5 nitrogen and oxygen atoms in total. The molecule has 0 saturated carbocycles. The Morgan fingerprint density at radius 2 is 1.89 bits per heavy atom. The molecule has 0 saturated heterocycles. The Labute approximate surface area is 111 Å². The quantitative estimate of drug-likeness (QED) is 0.780. The molecule has 2 aromatic heterocycles. The first-order chi connectivity index (χ1) is 9.22. The van der Waals surface area contributed by atoms with Gasteiger partial charge in [0.2, 0.25) is 5.95 Å². The summed E-state index contributed by atoms with van der Waals surface area (Å²) in [4.78, 5) is 4.51. The molecular formula is C14H15N5. The largest absolute Gasteiger partial charge is 0.323 e. The molecule has 0 aliphatic carbocycles. The predicted octanol–water partition coefficient (Wildman–Crippen LogP) is 2.66. The van der Waals surface area contributed by atoms with Gasteiger partial charge in [-0.3, -0.25) is 9.25 Å². The van der Waals surface area contributed by atoms with Crippen LogP contribution in [0.5, 0.6) is 0 Å². The number of hydrogen-bond acceptors (Lipinski definition) is 3. The van der Waals surface area contributed by atoms with Crippen LogP contribution in [0.25, 0.3) is 5.69 Å². The smallest absolute Gasteiger partial charge is 0.212 e. The molecule has 0 aliphatic rings. The number of rotatable bonds is 3. The number of aryl methyl sites for hydroxylation is 2. The Morgan fingerprint density at radius 3 is 2.58 bits per heavy atom. The van der Waals surface area contributed by atoms with Gasteiger partial charge in [-0.25, -0.2) is 4.98 Å². The third kappa shape index (κ3) is 2.35. The topological polar surface area (TPSA) is 47.7 Å². The van der Waals surface area contributed by atoms with Crippen LogP contribution in [0.1, 0.15) is 5.69 Å². The van der Waals surface area contributed by atoms with Crippen LogP contribution in [0.4, 0.5) is 11.6 Å². The van der Waals surface area contributed by atoms with E-state index >= 15 is 0 Å². The minimum Gasteiger partial charge on any atom is -0.323 e. The monoisotopic (exact) mass is 253 g/mol. The van der Waals surface area contributed by atoms with E-state index in [1.807, 2.05) is 49.1 Å². The molecule has 19 heavy (non-hydrogen) atoms. The highest BCUT2D eigenvalue weighted by Crippen LogP contribution is 2.19. The molecule has 5 heteroatoms. The fourth-order valence-corrected chi connectivity index (χ4v) is 1.99. The lowest BCUT2D eigenvalue weighted by molar-refractivity contribution is 0.768. The third-order valence-electron chi connectivity index (χ3n) is 2.82. The van der Waals surface area contributed by atoms with E-state index in [4.69, 9.17) is 0 Å². The fraction of sp³-hybridized carbons (Fsp3) is 0.143. The molecule has 2 heterocycles. The van der Waals surface area contributed by atoms with Crippen molar-refractivity contribution in [3.05, 3.63) is 54.6 Å². The lowest BCUT2D eigenvalue weighted by Crippen LogP contribution is -2.00. The maximum Gasteiger partial charge on any atom is 0.212 e. The van der Waals surface area contributed by atoms with Crippen molar-refractivity contribution in [1.82, 2.24) is 19.3 Å². The van der Waals surface area contributed by atoms with Crippen LogP contribution in [0.2, 0.25) is 0 Å². The van der Waals surface area contributed by atoms with Gasteiger partial charge in [0.05, 0.1) is 17.6 Å². The molecule has 0 aliphatic heterocycles. The standard InChI is InChI=1S/C14H15N5/c1-11-9-19(13-6-4-3-5-7-13)14(16-11)17-12-8-15-18(2)10-12/h3-10H,1-2H3,(H,16,17). The van der Waals surface area contributed by atoms with Crippen molar-refractivity contribution in [1.29, 1.82) is 0 Å². The zero-order valence-corrected chi connectivity index (χ0v) is 10.9. The number of imidazole rings is 1. The third-order valence-corrected chi connectivity index (χ3v) is 2.82. The molecule has 3 rings (SSSR count). The van der Waals surface area contributed by atoms with E-state index in [2.05, 4.69) is 27.5 Å². The predicted molar refractivity (Wildman–Crippen MR) is 74.8 cm³/mol. The molecule has 0 unspecified atom stereocenters. The highest BCUT2D eigenvalue weighted by Gasteiger charge is 2.08. The average molecular weight is 253 g/mol. The van der Waals surface area contributed by atoms with Gasteiger partial charge in [0, 0.05) is 25.1 Å². The van der Waals surface area contributed by atoms with E-state index in [9.17, 15) is 0 Å². The zero-order valence-electron chi connectivity index (χ0n) is 10.9. The van der Waals surface area contributed by atoms with Gasteiger partial charge in [-0.15, -0.1) is 0 Å². The fourth-order valence-electron chi connectivity index (χ4n) is 1.99. The van der Waals surface area contributed by atoms with Crippen LogP contribution in [0.3, 0.4) is 0 Å². The second-order valence-electron chi connectivity index (χ2n) is 4.44. The summed E-state index contributed by atoms with van der Waals surface area (Å²) >= 11 is 0. The van der Waals surface area contributed by atoms with Crippen LogP contribution < -0.4 is 5.32 Å². The van der Waals surface area contributed by atoms with Crippen molar-refractivity contribution >= 4 is 11.6 Å². The molecule has 96 valence electrons. The molecule has 0 spiro atoms. The first kappa shape index (κ1) is 11.5. The molecule has 0 atom stereocenters. The summed E-state index contributed by atoms with van der Waals surface area (Å²) in [7, 11) is 1.89. The van der Waals surface area contributed by atoms with Crippen LogP contribution in [0, 0.1) is 6.92 Å². The molecule has 3 aromatic rings. The number of aromatic nitrogens is 4. The molecule has 0 fully saturated rings.